The summed E-state index contributed by atoms with van der Waals surface area (Å²) in [6, 6.07) is 25.0. The van der Waals surface area contributed by atoms with Crippen LogP contribution in [0.3, 0.4) is 0 Å². The average molecular weight is 384 g/mol. The van der Waals surface area contributed by atoms with Crippen LogP contribution in [-0.2, 0) is 6.54 Å². The Labute approximate surface area is 170 Å². The third kappa shape index (κ3) is 4.86. The van der Waals surface area contributed by atoms with Gasteiger partial charge in [0.25, 0.3) is 0 Å². The second-order valence-electron chi connectivity index (χ2n) is 6.87. The molecule has 1 aromatic heterocycles. The van der Waals surface area contributed by atoms with Crippen LogP contribution in [0, 0.1) is 13.8 Å². The van der Waals surface area contributed by atoms with E-state index in [9.17, 15) is 9.90 Å². The highest BCUT2D eigenvalue weighted by atomic mass is 16.4. The quantitative estimate of drug-likeness (QED) is 0.498. The van der Waals surface area contributed by atoms with Crippen LogP contribution in [0.1, 0.15) is 27.0 Å². The minimum atomic E-state index is -0.932. The Morgan fingerprint density at radius 3 is 2.21 bits per heavy atom. The maximum atomic E-state index is 11.5. The van der Waals surface area contributed by atoms with E-state index in [1.54, 1.807) is 12.1 Å². The summed E-state index contributed by atoms with van der Waals surface area (Å²) in [6.07, 6.45) is 0. The van der Waals surface area contributed by atoms with Gasteiger partial charge in [-0.3, -0.25) is 0 Å². The van der Waals surface area contributed by atoms with Gasteiger partial charge in [0.1, 0.15) is 0 Å². The van der Waals surface area contributed by atoms with Crippen LogP contribution in [0.15, 0.2) is 78.9 Å². The summed E-state index contributed by atoms with van der Waals surface area (Å²) in [5.74, 6) is -0.932. The number of pyridine rings is 1. The van der Waals surface area contributed by atoms with Crippen molar-refractivity contribution in [2.75, 3.05) is 0 Å². The first-order valence-corrected chi connectivity index (χ1v) is 9.44. The molecular formula is C25H24N2O2. The molecule has 1 heterocycles. The van der Waals surface area contributed by atoms with Gasteiger partial charge in [-0.25, -0.2) is 9.78 Å². The smallest absolute Gasteiger partial charge is 0.336 e. The van der Waals surface area contributed by atoms with Gasteiger partial charge in [-0.15, -0.1) is 0 Å². The third-order valence-corrected chi connectivity index (χ3v) is 4.83. The Hall–Kier alpha value is -3.50. The lowest BCUT2D eigenvalue weighted by molar-refractivity contribution is 0.0699. The molecule has 0 saturated heterocycles. The van der Waals surface area contributed by atoms with E-state index >= 15 is 0 Å². The van der Waals surface area contributed by atoms with E-state index in [-0.39, 0.29) is 5.56 Å². The van der Waals surface area contributed by atoms with Gasteiger partial charge in [-0.1, -0.05) is 60.7 Å². The van der Waals surface area contributed by atoms with Crippen molar-refractivity contribution >= 4 is 16.9 Å². The number of nitrogens with zero attached hydrogens (tertiary/aromatic N) is 1. The summed E-state index contributed by atoms with van der Waals surface area (Å²) in [7, 11) is 0. The first kappa shape index (κ1) is 20.2. The fourth-order valence-corrected chi connectivity index (χ4v) is 3.02. The zero-order chi connectivity index (χ0) is 20.8. The van der Waals surface area contributed by atoms with Crippen molar-refractivity contribution in [2.45, 2.75) is 20.4 Å². The van der Waals surface area contributed by atoms with Crippen molar-refractivity contribution in [3.05, 3.63) is 101 Å². The minimum absolute atomic E-state index is 0.286. The van der Waals surface area contributed by atoms with Gasteiger partial charge >= 0.3 is 5.97 Å². The SMILES string of the molecule is Cc1ccc(-c2cc(C(=O)O)c3ccccc3n2)cc1C.NCc1ccccc1. The highest BCUT2D eigenvalue weighted by Gasteiger charge is 2.12. The molecule has 3 aromatic carbocycles. The number of carbonyl (C=O) groups is 1. The fraction of sp³-hybridized carbons (Fsp3) is 0.120. The second-order valence-corrected chi connectivity index (χ2v) is 6.87. The Morgan fingerprint density at radius 1 is 0.897 bits per heavy atom. The van der Waals surface area contributed by atoms with Crippen LogP contribution in [0.5, 0.6) is 0 Å². The standard InChI is InChI=1S/C18H15NO2.C7H9N/c1-11-7-8-13(9-12(11)2)17-10-15(18(20)21)14-5-3-4-6-16(14)19-17;8-6-7-4-2-1-3-5-7/h3-10H,1-2H3,(H,20,21);1-5H,6,8H2. The first-order valence-electron chi connectivity index (χ1n) is 9.44. The fourth-order valence-electron chi connectivity index (χ4n) is 3.02. The predicted octanol–water partition coefficient (Wildman–Crippen LogP) is 5.36. The lowest BCUT2D eigenvalue weighted by Crippen LogP contribution is -2.00. The van der Waals surface area contributed by atoms with Crippen LogP contribution in [0.2, 0.25) is 0 Å². The molecule has 0 aliphatic rings. The molecule has 146 valence electrons. The second kappa shape index (κ2) is 9.13. The van der Waals surface area contributed by atoms with Crippen LogP contribution in [-0.4, -0.2) is 16.1 Å². The first-order chi connectivity index (χ1) is 14.0. The van der Waals surface area contributed by atoms with Gasteiger partial charge in [0, 0.05) is 17.5 Å². The third-order valence-electron chi connectivity index (χ3n) is 4.83. The molecule has 0 radical (unpaired) electrons. The van der Waals surface area contributed by atoms with E-state index in [1.807, 2.05) is 73.7 Å². The summed E-state index contributed by atoms with van der Waals surface area (Å²) >= 11 is 0. The number of nitrogens with two attached hydrogens (primary N) is 1. The number of hydrogen-bond donors (Lipinski definition) is 2. The molecule has 0 unspecified atom stereocenters. The van der Waals surface area contributed by atoms with Gasteiger partial charge in [-0.2, -0.15) is 0 Å². The van der Waals surface area contributed by atoms with E-state index in [0.29, 0.717) is 23.1 Å². The van der Waals surface area contributed by atoms with Crippen molar-refractivity contribution in [3.8, 4) is 11.3 Å². The average Bonchev–Trinajstić information content (AvgIpc) is 2.75. The summed E-state index contributed by atoms with van der Waals surface area (Å²) in [5.41, 5.74) is 11.5. The molecule has 0 atom stereocenters. The van der Waals surface area contributed by atoms with Crippen molar-refractivity contribution < 1.29 is 9.90 Å². The normalized spacial score (nSPS) is 10.3. The largest absolute Gasteiger partial charge is 0.478 e. The number of aromatic nitrogens is 1. The van der Waals surface area contributed by atoms with Crippen LogP contribution in [0.25, 0.3) is 22.2 Å². The maximum Gasteiger partial charge on any atom is 0.336 e. The van der Waals surface area contributed by atoms with Crippen molar-refractivity contribution in [3.63, 3.8) is 0 Å². The molecule has 0 aliphatic heterocycles. The molecule has 29 heavy (non-hydrogen) atoms. The van der Waals surface area contributed by atoms with Crippen molar-refractivity contribution in [1.29, 1.82) is 0 Å². The van der Waals surface area contributed by atoms with E-state index < -0.39 is 5.97 Å². The molecule has 0 aliphatic carbocycles. The number of carboxylic acids is 1. The Morgan fingerprint density at radius 2 is 1.59 bits per heavy atom. The van der Waals surface area contributed by atoms with Gasteiger partial charge in [0.2, 0.25) is 0 Å². The van der Waals surface area contributed by atoms with Gasteiger partial charge in [0.05, 0.1) is 16.8 Å². The number of para-hydroxylation sites is 1. The molecule has 4 nitrogen and oxygen atoms in total. The number of benzene rings is 3. The van der Waals surface area contributed by atoms with Gasteiger partial charge in [-0.05, 0) is 48.7 Å². The molecule has 4 rings (SSSR count). The minimum Gasteiger partial charge on any atom is -0.478 e. The monoisotopic (exact) mass is 384 g/mol. The molecule has 0 saturated carbocycles. The Bertz CT molecular complexity index is 1140. The van der Waals surface area contributed by atoms with Crippen LogP contribution in [0.4, 0.5) is 0 Å². The highest BCUT2D eigenvalue weighted by Crippen LogP contribution is 2.26. The number of hydrogen-bond acceptors (Lipinski definition) is 3. The van der Waals surface area contributed by atoms with E-state index in [4.69, 9.17) is 5.73 Å². The van der Waals surface area contributed by atoms with Gasteiger partial charge < -0.3 is 10.8 Å². The van der Waals surface area contributed by atoms with Gasteiger partial charge in [0.15, 0.2) is 0 Å². The number of fused-ring (bicyclic) bond motifs is 1. The zero-order valence-electron chi connectivity index (χ0n) is 16.6. The predicted molar refractivity (Wildman–Crippen MR) is 118 cm³/mol. The zero-order valence-corrected chi connectivity index (χ0v) is 16.6. The summed E-state index contributed by atoms with van der Waals surface area (Å²) in [6.45, 7) is 4.73. The maximum absolute atomic E-state index is 11.5. The molecule has 4 aromatic rings. The van der Waals surface area contributed by atoms with E-state index in [2.05, 4.69) is 11.9 Å². The number of aromatic carboxylic acids is 1. The summed E-state index contributed by atoms with van der Waals surface area (Å²) < 4.78 is 0. The topological polar surface area (TPSA) is 76.2 Å². The molecule has 3 N–H and O–H groups in total. The lowest BCUT2D eigenvalue weighted by atomic mass is 10.0. The molecule has 0 spiro atoms. The molecule has 4 heteroatoms. The van der Waals surface area contributed by atoms with Crippen LogP contribution < -0.4 is 5.73 Å². The van der Waals surface area contributed by atoms with Crippen LogP contribution >= 0.6 is 0 Å². The molecule has 0 fully saturated rings. The number of rotatable bonds is 3. The molecule has 0 bridgehead atoms. The lowest BCUT2D eigenvalue weighted by Gasteiger charge is -2.08. The number of carboxylic acid groups (broad SMARTS) is 1. The summed E-state index contributed by atoms with van der Waals surface area (Å²) in [4.78, 5) is 16.1. The summed E-state index contributed by atoms with van der Waals surface area (Å²) in [5, 5.41) is 10.1. The van der Waals surface area contributed by atoms with Crippen molar-refractivity contribution in [2.24, 2.45) is 5.73 Å². The number of aryl methyl sites for hydroxylation is 2. The highest BCUT2D eigenvalue weighted by molar-refractivity contribution is 6.03. The van der Waals surface area contributed by atoms with E-state index in [1.165, 1.54) is 16.7 Å². The molecular weight excluding hydrogens is 360 g/mol. The van der Waals surface area contributed by atoms with E-state index in [0.717, 1.165) is 5.56 Å². The van der Waals surface area contributed by atoms with Crippen molar-refractivity contribution in [1.82, 2.24) is 4.98 Å². The Balaban J connectivity index is 0.000000252. The Kier molecular flexibility index (Phi) is 6.37. The molecule has 0 amide bonds.